The molecule has 0 spiro atoms. The van der Waals surface area contributed by atoms with Crippen LogP contribution in [0.15, 0.2) is 24.4 Å². The molecule has 0 unspecified atom stereocenters. The Morgan fingerprint density at radius 3 is 2.44 bits per heavy atom. The van der Waals surface area contributed by atoms with Crippen LogP contribution in [0.5, 0.6) is 0 Å². The van der Waals surface area contributed by atoms with Crippen LogP contribution in [0.25, 0.3) is 0 Å². The van der Waals surface area contributed by atoms with Gasteiger partial charge >= 0.3 is 6.09 Å². The van der Waals surface area contributed by atoms with Crippen LogP contribution in [-0.2, 0) is 16.1 Å². The van der Waals surface area contributed by atoms with E-state index in [1.165, 1.54) is 0 Å². The second kappa shape index (κ2) is 8.87. The largest absolute Gasteiger partial charge is 0.598 e. The first kappa shape index (κ1) is 21.7. The van der Waals surface area contributed by atoms with E-state index in [4.69, 9.17) is 4.74 Å². The number of pyridine rings is 1. The molecular weight excluding hydrogens is 338 g/mol. The zero-order chi connectivity index (χ0) is 19.3. The number of hydrogen-bond donors (Lipinski definition) is 2. The van der Waals surface area contributed by atoms with E-state index in [0.29, 0.717) is 5.69 Å². The first-order valence-corrected chi connectivity index (χ1v) is 9.69. The summed E-state index contributed by atoms with van der Waals surface area (Å²) in [4.78, 5) is 16.4. The van der Waals surface area contributed by atoms with Crippen LogP contribution < -0.4 is 10.0 Å². The number of carbonyl (C=O) groups excluding carboxylic acids is 1. The number of alkyl carbamates (subject to hydrolysis) is 1. The zero-order valence-corrected chi connectivity index (χ0v) is 17.1. The fourth-order valence-corrected chi connectivity index (χ4v) is 3.10. The number of rotatable bonds is 7. The maximum Gasteiger partial charge on any atom is 0.407 e. The molecule has 0 bridgehead atoms. The van der Waals surface area contributed by atoms with Crippen LogP contribution in [0, 0.1) is 0 Å². The Kier molecular flexibility index (Phi) is 7.71. The molecule has 142 valence electrons. The second-order valence-electron chi connectivity index (χ2n) is 7.67. The summed E-state index contributed by atoms with van der Waals surface area (Å²) in [6, 6.07) is 4.77. The molecule has 0 radical (unpaired) electrons. The molecule has 0 aliphatic rings. The molecule has 0 aliphatic carbocycles. The molecule has 1 heterocycles. The number of amides is 1. The minimum Gasteiger partial charge on any atom is -0.598 e. The Bertz CT molecular complexity index is 546. The van der Waals surface area contributed by atoms with E-state index in [9.17, 15) is 9.35 Å². The van der Waals surface area contributed by atoms with Crippen molar-refractivity contribution in [2.24, 2.45) is 0 Å². The third-order valence-corrected chi connectivity index (χ3v) is 5.60. The molecule has 0 aromatic carbocycles. The molecule has 3 atom stereocenters. The lowest BCUT2D eigenvalue weighted by Crippen LogP contribution is -2.50. The predicted octanol–water partition coefficient (Wildman–Crippen LogP) is 3.48. The van der Waals surface area contributed by atoms with Gasteiger partial charge in [-0.2, -0.15) is 0 Å². The van der Waals surface area contributed by atoms with Crippen molar-refractivity contribution in [1.82, 2.24) is 15.0 Å². The number of hydrogen-bond acceptors (Lipinski definition) is 5. The van der Waals surface area contributed by atoms with Crippen molar-refractivity contribution in [2.75, 3.05) is 0 Å². The molecule has 1 aromatic rings. The molecular formula is C18H31N3O3S. The Labute approximate surface area is 154 Å². The molecule has 25 heavy (non-hydrogen) atoms. The number of carbonyl (C=O) groups is 1. The van der Waals surface area contributed by atoms with Gasteiger partial charge in [0, 0.05) is 17.6 Å². The predicted molar refractivity (Wildman–Crippen MR) is 101 cm³/mol. The van der Waals surface area contributed by atoms with Gasteiger partial charge in [-0.3, -0.25) is 4.98 Å². The molecule has 0 saturated carbocycles. The van der Waals surface area contributed by atoms with Gasteiger partial charge in [0.1, 0.15) is 16.4 Å². The van der Waals surface area contributed by atoms with E-state index >= 15 is 0 Å². The van der Waals surface area contributed by atoms with E-state index in [2.05, 4.69) is 15.0 Å². The number of nitrogens with zero attached hydrogens (tertiary/aromatic N) is 1. The minimum absolute atomic E-state index is 0.360. The Balaban J connectivity index is 2.93. The summed E-state index contributed by atoms with van der Waals surface area (Å²) in [6.45, 7) is 13.2. The number of nitrogens with one attached hydrogen (secondary N) is 2. The Morgan fingerprint density at radius 2 is 1.96 bits per heavy atom. The summed E-state index contributed by atoms with van der Waals surface area (Å²) >= 11 is -1.30. The van der Waals surface area contributed by atoms with E-state index in [1.807, 2.05) is 66.7 Å². The summed E-state index contributed by atoms with van der Waals surface area (Å²) in [5, 5.41) is 2.81. The summed E-state index contributed by atoms with van der Waals surface area (Å²) in [5.74, 6) is 0. The van der Waals surface area contributed by atoms with E-state index < -0.39 is 33.8 Å². The third-order valence-electron chi connectivity index (χ3n) is 3.84. The highest BCUT2D eigenvalue weighted by Crippen LogP contribution is 2.24. The van der Waals surface area contributed by atoms with Gasteiger partial charge < -0.3 is 14.6 Å². The van der Waals surface area contributed by atoms with E-state index in [-0.39, 0.29) is 6.04 Å². The van der Waals surface area contributed by atoms with Gasteiger partial charge in [-0.25, -0.2) is 4.79 Å². The van der Waals surface area contributed by atoms with Crippen LogP contribution >= 0.6 is 0 Å². The molecule has 2 N–H and O–H groups in total. The number of ether oxygens (including phenoxy) is 1. The van der Waals surface area contributed by atoms with Crippen molar-refractivity contribution < 1.29 is 14.1 Å². The molecule has 0 fully saturated rings. The molecule has 1 amide bonds. The molecule has 0 saturated heterocycles. The third kappa shape index (κ3) is 7.22. The van der Waals surface area contributed by atoms with Crippen LogP contribution in [0.1, 0.15) is 66.6 Å². The average molecular weight is 370 g/mol. The van der Waals surface area contributed by atoms with Gasteiger partial charge in [-0.15, -0.1) is 4.72 Å². The lowest BCUT2D eigenvalue weighted by molar-refractivity contribution is 0.0499. The summed E-state index contributed by atoms with van der Waals surface area (Å²) < 4.78 is 20.8. The van der Waals surface area contributed by atoms with E-state index in [0.717, 1.165) is 6.42 Å². The summed E-state index contributed by atoms with van der Waals surface area (Å²) in [6.07, 6.45) is 1.93. The van der Waals surface area contributed by atoms with Crippen LogP contribution in [0.4, 0.5) is 4.79 Å². The van der Waals surface area contributed by atoms with E-state index in [1.54, 1.807) is 6.20 Å². The molecule has 1 aromatic heterocycles. The normalized spacial score (nSPS) is 16.0. The van der Waals surface area contributed by atoms with Gasteiger partial charge in [-0.05, 0) is 60.1 Å². The highest BCUT2D eigenvalue weighted by atomic mass is 32.2. The SMILES string of the molecule is CCC(C)(C)[S@@+]([O-])N[C@H](c1ccccn1)[C@H](C)NC(=O)OC(C)(C)C. The first-order valence-electron chi connectivity index (χ1n) is 8.55. The van der Waals surface area contributed by atoms with Gasteiger partial charge in [0.25, 0.3) is 0 Å². The van der Waals surface area contributed by atoms with Crippen LogP contribution in [0.3, 0.4) is 0 Å². The molecule has 1 rings (SSSR count). The minimum atomic E-state index is -1.30. The summed E-state index contributed by atoms with van der Waals surface area (Å²) in [7, 11) is 0. The quantitative estimate of drug-likeness (QED) is 0.719. The maximum atomic E-state index is 12.7. The van der Waals surface area contributed by atoms with Crippen LogP contribution in [0.2, 0.25) is 0 Å². The van der Waals surface area contributed by atoms with Crippen molar-refractivity contribution in [3.8, 4) is 0 Å². The zero-order valence-electron chi connectivity index (χ0n) is 16.3. The monoisotopic (exact) mass is 369 g/mol. The molecule has 0 aliphatic heterocycles. The smallest absolute Gasteiger partial charge is 0.407 e. The standard InChI is InChI=1S/C18H31N3O3S/c1-8-18(6,7)25(23)21-15(14-11-9-10-12-19-14)13(2)20-16(22)24-17(3,4)5/h9-13,15,21H,8H2,1-7H3,(H,20,22)/t13-,15-,25+/m0/s1. The highest BCUT2D eigenvalue weighted by molar-refractivity contribution is 7.90. The molecule has 7 heteroatoms. The van der Waals surface area contributed by atoms with Gasteiger partial charge in [0.05, 0.1) is 11.7 Å². The lowest BCUT2D eigenvalue weighted by Gasteiger charge is -2.32. The van der Waals surface area contributed by atoms with Crippen molar-refractivity contribution in [1.29, 1.82) is 0 Å². The fourth-order valence-electron chi connectivity index (χ4n) is 1.96. The second-order valence-corrected chi connectivity index (χ2v) is 9.55. The average Bonchev–Trinajstić information content (AvgIpc) is 2.50. The van der Waals surface area contributed by atoms with Crippen LogP contribution in [-0.4, -0.2) is 32.0 Å². The van der Waals surface area contributed by atoms with Gasteiger partial charge in [0.15, 0.2) is 0 Å². The molecule has 6 nitrogen and oxygen atoms in total. The van der Waals surface area contributed by atoms with Gasteiger partial charge in [-0.1, -0.05) is 13.0 Å². The van der Waals surface area contributed by atoms with Crippen molar-refractivity contribution in [3.05, 3.63) is 30.1 Å². The van der Waals surface area contributed by atoms with Crippen molar-refractivity contribution >= 4 is 17.5 Å². The van der Waals surface area contributed by atoms with Crippen molar-refractivity contribution in [3.63, 3.8) is 0 Å². The van der Waals surface area contributed by atoms with Crippen molar-refractivity contribution in [2.45, 2.75) is 77.3 Å². The number of aromatic nitrogens is 1. The van der Waals surface area contributed by atoms with Gasteiger partial charge in [0.2, 0.25) is 0 Å². The first-order chi connectivity index (χ1) is 11.5. The highest BCUT2D eigenvalue weighted by Gasteiger charge is 2.35. The topological polar surface area (TPSA) is 86.3 Å². The Hall–Kier alpha value is -1.31. The summed E-state index contributed by atoms with van der Waals surface area (Å²) in [5.41, 5.74) is 0.136. The lowest BCUT2D eigenvalue weighted by atomic mass is 10.1. The maximum absolute atomic E-state index is 12.7. The fraction of sp³-hybridized carbons (Fsp3) is 0.667. The Morgan fingerprint density at radius 1 is 1.32 bits per heavy atom.